The molecule has 9 heteroatoms. The fourth-order valence-electron chi connectivity index (χ4n) is 7.94. The highest BCUT2D eigenvalue weighted by Gasteiger charge is 2.49. The van der Waals surface area contributed by atoms with Crippen molar-refractivity contribution in [3.05, 3.63) is 39.7 Å². The van der Waals surface area contributed by atoms with E-state index in [4.69, 9.17) is 4.78 Å². The van der Waals surface area contributed by atoms with Crippen LogP contribution in [0.15, 0.2) is 12.5 Å². The van der Waals surface area contributed by atoms with Gasteiger partial charge in [0.25, 0.3) is 0 Å². The van der Waals surface area contributed by atoms with Crippen molar-refractivity contribution in [1.82, 2.24) is 24.5 Å². The molecule has 2 bridgehead atoms. The number of nitrogens with one attached hydrogen (secondary N) is 2. The molecule has 0 aromatic carbocycles. The molecule has 7 rings (SSSR count). The fourth-order valence-corrected chi connectivity index (χ4v) is 10.6. The number of aromatic amines is 1. The molecular formula is C29H38N6OS2. The van der Waals surface area contributed by atoms with Gasteiger partial charge in [0.2, 0.25) is 0 Å². The minimum Gasteiger partial charge on any atom is -0.346 e. The Kier molecular flexibility index (Phi) is 5.63. The number of nitrogens with zero attached hydrogens (tertiary/aromatic N) is 4. The summed E-state index contributed by atoms with van der Waals surface area (Å²) in [6.45, 7) is 13.0. The van der Waals surface area contributed by atoms with Gasteiger partial charge in [0.05, 0.1) is 5.69 Å². The van der Waals surface area contributed by atoms with Crippen molar-refractivity contribution in [2.45, 2.75) is 71.8 Å². The monoisotopic (exact) mass is 550 g/mol. The summed E-state index contributed by atoms with van der Waals surface area (Å²) in [5, 5.41) is 5.88. The lowest BCUT2D eigenvalue weighted by Gasteiger charge is -2.39. The van der Waals surface area contributed by atoms with Crippen molar-refractivity contribution >= 4 is 36.9 Å². The summed E-state index contributed by atoms with van der Waals surface area (Å²) < 4.78 is 22.0. The summed E-state index contributed by atoms with van der Waals surface area (Å²) in [7, 11) is -2.33. The molecule has 0 radical (unpaired) electrons. The van der Waals surface area contributed by atoms with E-state index in [1.54, 1.807) is 11.2 Å². The molecule has 1 aliphatic heterocycles. The molecule has 0 spiro atoms. The number of aromatic nitrogens is 4. The van der Waals surface area contributed by atoms with Gasteiger partial charge >= 0.3 is 0 Å². The minimum absolute atomic E-state index is 0.404. The molecule has 4 unspecified atom stereocenters. The first-order valence-corrected chi connectivity index (χ1v) is 16.8. The lowest BCUT2D eigenvalue weighted by Crippen LogP contribution is -2.48. The maximum Gasteiger partial charge on any atom is 0.158 e. The van der Waals surface area contributed by atoms with E-state index in [-0.39, 0.29) is 0 Å². The second kappa shape index (κ2) is 8.63. The van der Waals surface area contributed by atoms with Gasteiger partial charge in [0, 0.05) is 62.4 Å². The third kappa shape index (κ3) is 3.64. The Labute approximate surface area is 229 Å². The Morgan fingerprint density at radius 1 is 1.08 bits per heavy atom. The number of hydrogen-bond donors (Lipinski definition) is 2. The summed E-state index contributed by atoms with van der Waals surface area (Å²) in [5.41, 5.74) is 8.73. The van der Waals surface area contributed by atoms with E-state index in [9.17, 15) is 4.21 Å². The van der Waals surface area contributed by atoms with Crippen LogP contribution in [0.25, 0.3) is 27.1 Å². The van der Waals surface area contributed by atoms with Crippen LogP contribution in [0.3, 0.4) is 0 Å². The maximum absolute atomic E-state index is 12.2. The van der Waals surface area contributed by atoms with Gasteiger partial charge in [-0.2, -0.15) is 5.10 Å². The molecule has 38 heavy (non-hydrogen) atoms. The summed E-state index contributed by atoms with van der Waals surface area (Å²) >= 11 is 1.99. The highest BCUT2D eigenvalue weighted by molar-refractivity contribution is 7.92. The highest BCUT2D eigenvalue weighted by atomic mass is 32.2. The third-order valence-electron chi connectivity index (χ3n) is 9.98. The van der Waals surface area contributed by atoms with Crippen LogP contribution in [-0.4, -0.2) is 59.3 Å². The second-order valence-corrected chi connectivity index (χ2v) is 15.8. The van der Waals surface area contributed by atoms with Crippen LogP contribution < -0.4 is 0 Å². The average molecular weight is 551 g/mol. The van der Waals surface area contributed by atoms with E-state index in [1.165, 1.54) is 63.0 Å². The van der Waals surface area contributed by atoms with E-state index < -0.39 is 9.73 Å². The van der Waals surface area contributed by atoms with Gasteiger partial charge in [-0.15, -0.1) is 11.3 Å². The smallest absolute Gasteiger partial charge is 0.158 e. The molecule has 5 heterocycles. The van der Waals surface area contributed by atoms with Crippen LogP contribution in [-0.2, 0) is 9.73 Å². The minimum atomic E-state index is -2.33. The molecule has 3 aliphatic rings. The van der Waals surface area contributed by atoms with Crippen molar-refractivity contribution in [1.29, 1.82) is 4.78 Å². The van der Waals surface area contributed by atoms with E-state index in [2.05, 4.69) is 60.8 Å². The van der Waals surface area contributed by atoms with Crippen molar-refractivity contribution in [3.63, 3.8) is 0 Å². The predicted molar refractivity (Wildman–Crippen MR) is 156 cm³/mol. The van der Waals surface area contributed by atoms with Gasteiger partial charge in [-0.3, -0.25) is 9.68 Å². The van der Waals surface area contributed by atoms with Crippen molar-refractivity contribution < 1.29 is 4.21 Å². The molecule has 2 saturated carbocycles. The van der Waals surface area contributed by atoms with Gasteiger partial charge in [0.15, 0.2) is 5.65 Å². The second-order valence-electron chi connectivity index (χ2n) is 12.3. The zero-order valence-corrected chi connectivity index (χ0v) is 24.6. The van der Waals surface area contributed by atoms with Crippen molar-refractivity contribution in [2.75, 3.05) is 24.6 Å². The standard InChI is InChI=1S/C29H38N6OS2/c1-15(2)24-25-18(5)27(21-11-20-10-19(21)12-23(20)34-6-8-38(30,36)9-7-34)37-29(25)33-26(24)22-13-35-28(31-14-32-35)17(4)16(22)3/h13-15,19-21,23,30,33H,6-12H2,1-5H3. The number of thiophene rings is 1. The average Bonchev–Trinajstić information content (AvgIpc) is 3.68. The Morgan fingerprint density at radius 2 is 1.84 bits per heavy atom. The lowest BCUT2D eigenvalue weighted by atomic mass is 9.82. The molecule has 3 fully saturated rings. The highest BCUT2D eigenvalue weighted by Crippen LogP contribution is 2.57. The summed E-state index contributed by atoms with van der Waals surface area (Å²) in [4.78, 5) is 13.8. The molecule has 4 aromatic heterocycles. The number of H-pyrrole nitrogens is 1. The maximum atomic E-state index is 12.2. The number of fused-ring (bicyclic) bond motifs is 4. The molecule has 2 N–H and O–H groups in total. The van der Waals surface area contributed by atoms with Crippen molar-refractivity contribution in [3.8, 4) is 11.3 Å². The Balaban J connectivity index is 1.22. The number of aryl methyl sites for hydroxylation is 2. The van der Waals surface area contributed by atoms with Crippen LogP contribution in [0, 0.1) is 37.4 Å². The van der Waals surface area contributed by atoms with Gasteiger partial charge < -0.3 is 4.98 Å². The molecule has 7 nitrogen and oxygen atoms in total. The summed E-state index contributed by atoms with van der Waals surface area (Å²) in [5.74, 6) is 3.66. The van der Waals surface area contributed by atoms with Crippen LogP contribution in [0.1, 0.15) is 72.1 Å². The largest absolute Gasteiger partial charge is 0.346 e. The Hall–Kier alpha value is -2.23. The van der Waals surface area contributed by atoms with E-state index in [1.807, 2.05) is 15.9 Å². The van der Waals surface area contributed by atoms with Crippen LogP contribution in [0.2, 0.25) is 0 Å². The third-order valence-corrected chi connectivity index (χ3v) is 13.0. The van der Waals surface area contributed by atoms with Gasteiger partial charge in [-0.25, -0.2) is 13.7 Å². The molecule has 2 aliphatic carbocycles. The zero-order chi connectivity index (χ0) is 26.5. The van der Waals surface area contributed by atoms with Gasteiger partial charge in [0.1, 0.15) is 11.2 Å². The Bertz CT molecular complexity index is 1660. The first-order valence-electron chi connectivity index (χ1n) is 14.1. The summed E-state index contributed by atoms with van der Waals surface area (Å²) in [6.07, 6.45) is 7.64. The van der Waals surface area contributed by atoms with Crippen molar-refractivity contribution in [2.24, 2.45) is 11.8 Å². The molecule has 202 valence electrons. The number of hydrogen-bond acceptors (Lipinski definition) is 6. The molecular weight excluding hydrogens is 512 g/mol. The number of pyridine rings is 1. The van der Waals surface area contributed by atoms with Crippen LogP contribution >= 0.6 is 11.3 Å². The van der Waals surface area contributed by atoms with E-state index >= 15 is 0 Å². The topological polar surface area (TPSA) is 90.1 Å². The quantitative estimate of drug-likeness (QED) is 0.315. The molecule has 4 aromatic rings. The van der Waals surface area contributed by atoms with E-state index in [0.29, 0.717) is 29.4 Å². The Morgan fingerprint density at radius 3 is 2.53 bits per heavy atom. The lowest BCUT2D eigenvalue weighted by molar-refractivity contribution is 0.148. The van der Waals surface area contributed by atoms with Gasteiger partial charge in [-0.1, -0.05) is 13.8 Å². The first-order chi connectivity index (χ1) is 18.1. The molecule has 1 saturated heterocycles. The fraction of sp³-hybridized carbons (Fsp3) is 0.586. The first kappa shape index (κ1) is 24.8. The molecule has 4 atom stereocenters. The number of rotatable bonds is 4. The predicted octanol–water partition coefficient (Wildman–Crippen LogP) is 6.23. The van der Waals surface area contributed by atoms with E-state index in [0.717, 1.165) is 30.6 Å². The van der Waals surface area contributed by atoms with Crippen LogP contribution in [0.4, 0.5) is 0 Å². The molecule has 0 amide bonds. The zero-order valence-electron chi connectivity index (χ0n) is 23.0. The van der Waals surface area contributed by atoms with Gasteiger partial charge in [-0.05, 0) is 86.0 Å². The van der Waals surface area contributed by atoms with Crippen LogP contribution in [0.5, 0.6) is 0 Å². The SMILES string of the molecule is Cc1c(-c2[nH]c3sc(C4CC5CC4CC5N4CCS(=N)(=O)CC4)c(C)c3c2C(C)C)cn2ncnc2c1C. The summed E-state index contributed by atoms with van der Waals surface area (Å²) in [6, 6.07) is 0.632. The normalized spacial score (nSPS) is 27.4.